The van der Waals surface area contributed by atoms with E-state index in [4.69, 9.17) is 17.3 Å². The molecule has 1 heterocycles. The van der Waals surface area contributed by atoms with E-state index < -0.39 is 0 Å². The number of carbonyl (C=O) groups is 1. The van der Waals surface area contributed by atoms with Gasteiger partial charge in [0, 0.05) is 18.1 Å². The highest BCUT2D eigenvalue weighted by molar-refractivity contribution is 6.31. The van der Waals surface area contributed by atoms with Crippen LogP contribution in [0.4, 0.5) is 11.4 Å². The van der Waals surface area contributed by atoms with Gasteiger partial charge in [-0.25, -0.2) is 0 Å². The Morgan fingerprint density at radius 2 is 2.32 bits per heavy atom. The summed E-state index contributed by atoms with van der Waals surface area (Å²) in [6.45, 7) is 4.25. The van der Waals surface area contributed by atoms with Crippen molar-refractivity contribution in [2.75, 3.05) is 30.7 Å². The fraction of sp³-hybridized carbons (Fsp3) is 0.357. The number of carbonyl (C=O) groups excluding carboxylic acids is 1. The first kappa shape index (κ1) is 13.9. The summed E-state index contributed by atoms with van der Waals surface area (Å²) < 4.78 is 0. The van der Waals surface area contributed by atoms with Gasteiger partial charge in [0.1, 0.15) is 0 Å². The second kappa shape index (κ2) is 6.08. The summed E-state index contributed by atoms with van der Waals surface area (Å²) in [7, 11) is 0. The van der Waals surface area contributed by atoms with E-state index in [1.54, 1.807) is 18.2 Å². The van der Waals surface area contributed by atoms with Gasteiger partial charge in [-0.3, -0.25) is 9.69 Å². The molecule has 0 aromatic heterocycles. The molecule has 0 saturated carbocycles. The second-order valence-electron chi connectivity index (χ2n) is 4.82. The summed E-state index contributed by atoms with van der Waals surface area (Å²) in [4.78, 5) is 14.0. The van der Waals surface area contributed by atoms with Crippen LogP contribution in [-0.2, 0) is 4.79 Å². The highest BCUT2D eigenvalue weighted by Gasteiger charge is 2.13. The molecule has 3 N–H and O–H groups in total. The van der Waals surface area contributed by atoms with Gasteiger partial charge in [-0.05, 0) is 31.5 Å². The molecule has 0 fully saturated rings. The molecule has 1 aromatic carbocycles. The van der Waals surface area contributed by atoms with Gasteiger partial charge < -0.3 is 11.1 Å². The van der Waals surface area contributed by atoms with Gasteiger partial charge in [0.25, 0.3) is 0 Å². The number of benzene rings is 1. The molecule has 5 heteroatoms. The summed E-state index contributed by atoms with van der Waals surface area (Å²) >= 11 is 5.82. The molecule has 0 saturated heterocycles. The lowest BCUT2D eigenvalue weighted by molar-refractivity contribution is -0.117. The molecule has 0 radical (unpaired) electrons. The minimum Gasteiger partial charge on any atom is -0.397 e. The van der Waals surface area contributed by atoms with E-state index in [1.165, 1.54) is 5.57 Å². The largest absolute Gasteiger partial charge is 0.397 e. The lowest BCUT2D eigenvalue weighted by atomic mass is 10.1. The van der Waals surface area contributed by atoms with Gasteiger partial charge in [0.05, 0.1) is 17.9 Å². The van der Waals surface area contributed by atoms with Gasteiger partial charge in [-0.2, -0.15) is 0 Å². The molecular weight excluding hydrogens is 262 g/mol. The number of anilines is 2. The van der Waals surface area contributed by atoms with E-state index in [0.717, 1.165) is 19.5 Å². The highest BCUT2D eigenvalue weighted by Crippen LogP contribution is 2.22. The van der Waals surface area contributed by atoms with E-state index in [-0.39, 0.29) is 5.91 Å². The highest BCUT2D eigenvalue weighted by atomic mass is 35.5. The van der Waals surface area contributed by atoms with E-state index in [0.29, 0.717) is 22.9 Å². The summed E-state index contributed by atoms with van der Waals surface area (Å²) in [6.07, 6.45) is 3.18. The average Bonchev–Trinajstić information content (AvgIpc) is 2.36. The van der Waals surface area contributed by atoms with Crippen LogP contribution in [0.1, 0.15) is 13.3 Å². The summed E-state index contributed by atoms with van der Waals surface area (Å²) in [5.74, 6) is -0.0537. The van der Waals surface area contributed by atoms with Gasteiger partial charge in [0.15, 0.2) is 0 Å². The fourth-order valence-electron chi connectivity index (χ4n) is 2.00. The van der Waals surface area contributed by atoms with Crippen LogP contribution in [0.2, 0.25) is 5.02 Å². The lowest BCUT2D eigenvalue weighted by Gasteiger charge is -2.24. The minimum absolute atomic E-state index is 0.0537. The number of nitrogen functional groups attached to an aromatic ring is 1. The van der Waals surface area contributed by atoms with E-state index in [2.05, 4.69) is 23.2 Å². The molecule has 1 amide bonds. The number of nitrogens with zero attached hydrogens (tertiary/aromatic N) is 1. The van der Waals surface area contributed by atoms with Gasteiger partial charge >= 0.3 is 0 Å². The van der Waals surface area contributed by atoms with Crippen LogP contribution in [0, 0.1) is 0 Å². The van der Waals surface area contributed by atoms with Crippen LogP contribution >= 0.6 is 11.6 Å². The second-order valence-corrected chi connectivity index (χ2v) is 5.25. The van der Waals surface area contributed by atoms with Crippen molar-refractivity contribution in [2.24, 2.45) is 0 Å². The molecule has 0 spiro atoms. The van der Waals surface area contributed by atoms with Crippen molar-refractivity contribution >= 4 is 28.9 Å². The minimum atomic E-state index is -0.0537. The number of rotatable bonds is 3. The lowest BCUT2D eigenvalue weighted by Crippen LogP contribution is -2.36. The zero-order valence-corrected chi connectivity index (χ0v) is 11.7. The Kier molecular flexibility index (Phi) is 4.45. The zero-order chi connectivity index (χ0) is 13.8. The predicted octanol–water partition coefficient (Wildman–Crippen LogP) is 2.51. The molecule has 19 heavy (non-hydrogen) atoms. The first-order valence-corrected chi connectivity index (χ1v) is 6.65. The first-order valence-electron chi connectivity index (χ1n) is 6.27. The number of nitrogens with two attached hydrogens (primary N) is 1. The maximum absolute atomic E-state index is 11.9. The van der Waals surface area contributed by atoms with E-state index >= 15 is 0 Å². The standard InChI is InChI=1S/C14H18ClN3O/c1-10-4-6-18(7-5-10)9-14(19)17-13-3-2-11(15)8-12(13)16/h2-4,8H,5-7,9,16H2,1H3,(H,17,19). The summed E-state index contributed by atoms with van der Waals surface area (Å²) in [6, 6.07) is 5.06. The molecular formula is C14H18ClN3O. The van der Waals surface area contributed by atoms with Crippen LogP contribution in [0.25, 0.3) is 0 Å². The molecule has 1 aliphatic rings. The third kappa shape index (κ3) is 3.98. The molecule has 0 bridgehead atoms. The van der Waals surface area contributed by atoms with Crippen LogP contribution in [0.15, 0.2) is 29.8 Å². The predicted molar refractivity (Wildman–Crippen MR) is 79.3 cm³/mol. The molecule has 4 nitrogen and oxygen atoms in total. The first-order chi connectivity index (χ1) is 9.04. The van der Waals surface area contributed by atoms with Gasteiger partial charge in [0.2, 0.25) is 5.91 Å². The Labute approximate surface area is 118 Å². The summed E-state index contributed by atoms with van der Waals surface area (Å²) in [5.41, 5.74) is 8.28. The molecule has 1 aromatic rings. The fourth-order valence-corrected chi connectivity index (χ4v) is 2.18. The average molecular weight is 280 g/mol. The third-order valence-electron chi connectivity index (χ3n) is 3.18. The van der Waals surface area contributed by atoms with Crippen molar-refractivity contribution in [3.8, 4) is 0 Å². The Hall–Kier alpha value is -1.52. The monoisotopic (exact) mass is 279 g/mol. The Morgan fingerprint density at radius 3 is 2.95 bits per heavy atom. The van der Waals surface area contributed by atoms with Gasteiger partial charge in [-0.15, -0.1) is 0 Å². The van der Waals surface area contributed by atoms with Crippen LogP contribution < -0.4 is 11.1 Å². The van der Waals surface area contributed by atoms with E-state index in [9.17, 15) is 4.79 Å². The number of nitrogens with one attached hydrogen (secondary N) is 1. The Balaban J connectivity index is 1.91. The Bertz CT molecular complexity index is 513. The number of hydrogen-bond acceptors (Lipinski definition) is 3. The molecule has 2 rings (SSSR count). The molecule has 102 valence electrons. The quantitative estimate of drug-likeness (QED) is 0.660. The zero-order valence-electron chi connectivity index (χ0n) is 10.9. The Morgan fingerprint density at radius 1 is 1.53 bits per heavy atom. The molecule has 0 unspecified atom stereocenters. The van der Waals surface area contributed by atoms with Crippen molar-refractivity contribution in [3.63, 3.8) is 0 Å². The molecule has 0 atom stereocenters. The van der Waals surface area contributed by atoms with Crippen LogP contribution in [0.5, 0.6) is 0 Å². The molecule has 0 aliphatic carbocycles. The molecule has 1 aliphatic heterocycles. The van der Waals surface area contributed by atoms with Crippen molar-refractivity contribution in [1.82, 2.24) is 4.90 Å². The van der Waals surface area contributed by atoms with Crippen LogP contribution in [0.3, 0.4) is 0 Å². The number of amides is 1. The normalized spacial score (nSPS) is 16.0. The van der Waals surface area contributed by atoms with Crippen molar-refractivity contribution in [2.45, 2.75) is 13.3 Å². The SMILES string of the molecule is CC1=CCN(CC(=O)Nc2ccc(Cl)cc2N)CC1. The van der Waals surface area contributed by atoms with Crippen LogP contribution in [-0.4, -0.2) is 30.4 Å². The van der Waals surface area contributed by atoms with Crippen molar-refractivity contribution in [1.29, 1.82) is 0 Å². The van der Waals surface area contributed by atoms with Gasteiger partial charge in [-0.1, -0.05) is 23.3 Å². The topological polar surface area (TPSA) is 58.4 Å². The maximum Gasteiger partial charge on any atom is 0.238 e. The smallest absolute Gasteiger partial charge is 0.238 e. The van der Waals surface area contributed by atoms with Crippen molar-refractivity contribution < 1.29 is 4.79 Å². The maximum atomic E-state index is 11.9. The summed E-state index contributed by atoms with van der Waals surface area (Å²) in [5, 5.41) is 3.37. The van der Waals surface area contributed by atoms with Crippen molar-refractivity contribution in [3.05, 3.63) is 34.9 Å². The number of halogens is 1. The van der Waals surface area contributed by atoms with E-state index in [1.807, 2.05) is 0 Å². The third-order valence-corrected chi connectivity index (χ3v) is 3.41. The number of hydrogen-bond donors (Lipinski definition) is 2.